The van der Waals surface area contributed by atoms with Crippen LogP contribution in [0.15, 0.2) is 18.6 Å². The maximum atomic E-state index is 5.59. The van der Waals surface area contributed by atoms with Crippen molar-refractivity contribution in [1.29, 1.82) is 0 Å². The lowest BCUT2D eigenvalue weighted by atomic mass is 10.2. The number of hydrogen-bond acceptors (Lipinski definition) is 5. The molecule has 0 aromatic carbocycles. The Balaban J connectivity index is 2.29. The molecule has 2 aromatic heterocycles. The predicted molar refractivity (Wildman–Crippen MR) is 57.9 cm³/mol. The molecule has 0 aliphatic heterocycles. The van der Waals surface area contributed by atoms with Gasteiger partial charge in [0.1, 0.15) is 12.1 Å². The van der Waals surface area contributed by atoms with Crippen LogP contribution in [0.4, 0.5) is 0 Å². The van der Waals surface area contributed by atoms with Gasteiger partial charge in [0.05, 0.1) is 0 Å². The van der Waals surface area contributed by atoms with Gasteiger partial charge in [0.2, 0.25) is 0 Å². The molecule has 6 heteroatoms. The zero-order chi connectivity index (χ0) is 11.5. The van der Waals surface area contributed by atoms with Crippen molar-refractivity contribution in [2.45, 2.75) is 13.5 Å². The molecule has 0 amide bonds. The minimum atomic E-state index is 0.308. The molecule has 2 N–H and O–H groups in total. The summed E-state index contributed by atoms with van der Waals surface area (Å²) in [6, 6.07) is 2.13. The van der Waals surface area contributed by atoms with Gasteiger partial charge in [-0.2, -0.15) is 4.98 Å². The van der Waals surface area contributed by atoms with Gasteiger partial charge in [-0.25, -0.2) is 0 Å². The molecule has 0 spiro atoms. The van der Waals surface area contributed by atoms with Gasteiger partial charge in [-0.15, -0.1) is 5.10 Å². The molecule has 2 rings (SSSR count). The van der Waals surface area contributed by atoms with E-state index >= 15 is 0 Å². The van der Waals surface area contributed by atoms with Crippen LogP contribution in [0.3, 0.4) is 0 Å². The molecule has 0 fully saturated rings. The van der Waals surface area contributed by atoms with Gasteiger partial charge in [0.25, 0.3) is 0 Å². The topological polar surface area (TPSA) is 78.8 Å². The first-order chi connectivity index (χ1) is 7.69. The Kier molecular flexibility index (Phi) is 2.82. The largest absolute Gasteiger partial charge is 0.423 e. The second kappa shape index (κ2) is 4.28. The second-order valence-corrected chi connectivity index (χ2v) is 3.44. The molecule has 0 atom stereocenters. The summed E-state index contributed by atoms with van der Waals surface area (Å²) in [4.78, 5) is 8.14. The van der Waals surface area contributed by atoms with Gasteiger partial charge in [-0.1, -0.05) is 0 Å². The van der Waals surface area contributed by atoms with E-state index in [9.17, 15) is 0 Å². The van der Waals surface area contributed by atoms with Crippen LogP contribution in [-0.4, -0.2) is 19.7 Å². The summed E-state index contributed by atoms with van der Waals surface area (Å²) in [5.41, 5.74) is 7.29. The van der Waals surface area contributed by atoms with E-state index in [1.54, 1.807) is 24.3 Å². The fourth-order valence-corrected chi connectivity index (χ4v) is 1.28. The zero-order valence-electron chi connectivity index (χ0n) is 9.21. The Labute approximate surface area is 93.1 Å². The van der Waals surface area contributed by atoms with Crippen molar-refractivity contribution >= 4 is 0 Å². The summed E-state index contributed by atoms with van der Waals surface area (Å²) >= 11 is 0. The predicted octanol–water partition coefficient (Wildman–Crippen LogP) is 0.770. The van der Waals surface area contributed by atoms with Crippen LogP contribution in [0.5, 0.6) is 11.8 Å². The third-order valence-electron chi connectivity index (χ3n) is 2.08. The molecule has 2 aromatic rings. The first-order valence-corrected chi connectivity index (χ1v) is 4.88. The Morgan fingerprint density at radius 1 is 1.44 bits per heavy atom. The smallest absolute Gasteiger partial charge is 0.340 e. The van der Waals surface area contributed by atoms with E-state index in [0.29, 0.717) is 18.3 Å². The van der Waals surface area contributed by atoms with E-state index in [1.807, 2.05) is 13.0 Å². The van der Waals surface area contributed by atoms with Gasteiger partial charge in [0, 0.05) is 37.1 Å². The molecule has 0 aliphatic rings. The van der Waals surface area contributed by atoms with Crippen molar-refractivity contribution in [2.75, 3.05) is 0 Å². The van der Waals surface area contributed by atoms with Crippen LogP contribution in [-0.2, 0) is 13.6 Å². The Morgan fingerprint density at radius 2 is 2.25 bits per heavy atom. The van der Waals surface area contributed by atoms with Crippen molar-refractivity contribution in [2.24, 2.45) is 12.8 Å². The van der Waals surface area contributed by atoms with Crippen molar-refractivity contribution in [1.82, 2.24) is 19.7 Å². The summed E-state index contributed by atoms with van der Waals surface area (Å²) in [6.45, 7) is 2.26. The number of aromatic nitrogens is 4. The maximum absolute atomic E-state index is 5.59. The van der Waals surface area contributed by atoms with E-state index in [2.05, 4.69) is 15.1 Å². The summed E-state index contributed by atoms with van der Waals surface area (Å²) in [6.07, 6.45) is 3.28. The van der Waals surface area contributed by atoms with E-state index in [0.717, 1.165) is 11.3 Å². The van der Waals surface area contributed by atoms with Crippen LogP contribution in [0.2, 0.25) is 0 Å². The minimum absolute atomic E-state index is 0.308. The third-order valence-corrected chi connectivity index (χ3v) is 2.08. The molecule has 0 saturated heterocycles. The number of rotatable bonds is 3. The number of ether oxygens (including phenoxy) is 1. The molecule has 0 bridgehead atoms. The molecule has 84 valence electrons. The van der Waals surface area contributed by atoms with E-state index in [-0.39, 0.29) is 0 Å². The van der Waals surface area contributed by atoms with Gasteiger partial charge >= 0.3 is 6.01 Å². The van der Waals surface area contributed by atoms with Crippen LogP contribution in [0.25, 0.3) is 0 Å². The highest BCUT2D eigenvalue weighted by Crippen LogP contribution is 2.22. The van der Waals surface area contributed by atoms with Gasteiger partial charge in [-0.05, 0) is 6.92 Å². The van der Waals surface area contributed by atoms with Crippen molar-refractivity contribution in [3.05, 3.63) is 29.8 Å². The molecule has 6 nitrogen and oxygen atoms in total. The van der Waals surface area contributed by atoms with Crippen LogP contribution < -0.4 is 10.5 Å². The highest BCUT2D eigenvalue weighted by molar-refractivity contribution is 5.34. The van der Waals surface area contributed by atoms with Gasteiger partial charge in [0.15, 0.2) is 0 Å². The summed E-state index contributed by atoms with van der Waals surface area (Å²) in [5.74, 6) is 0.654. The average molecular weight is 219 g/mol. The quantitative estimate of drug-likeness (QED) is 0.824. The highest BCUT2D eigenvalue weighted by Gasteiger charge is 2.07. The Hall–Kier alpha value is -1.95. The molecule has 0 unspecified atom stereocenters. The lowest BCUT2D eigenvalue weighted by Gasteiger charge is -2.06. The number of pyridine rings is 1. The zero-order valence-corrected chi connectivity index (χ0v) is 9.21. The minimum Gasteiger partial charge on any atom is -0.423 e. The lowest BCUT2D eigenvalue weighted by molar-refractivity contribution is 0.433. The van der Waals surface area contributed by atoms with Crippen LogP contribution in [0.1, 0.15) is 11.3 Å². The number of nitrogens with two attached hydrogens (primary N) is 1. The molecule has 0 aliphatic carbocycles. The van der Waals surface area contributed by atoms with E-state index < -0.39 is 0 Å². The molecule has 0 saturated carbocycles. The fraction of sp³-hybridized carbons (Fsp3) is 0.300. The average Bonchev–Trinajstić information content (AvgIpc) is 2.64. The fourth-order valence-electron chi connectivity index (χ4n) is 1.28. The number of nitrogens with zero attached hydrogens (tertiary/aromatic N) is 4. The summed E-state index contributed by atoms with van der Waals surface area (Å²) in [5, 5.41) is 4.03. The maximum Gasteiger partial charge on any atom is 0.340 e. The third kappa shape index (κ3) is 2.17. The molecule has 16 heavy (non-hydrogen) atoms. The molecule has 0 radical (unpaired) electrons. The van der Waals surface area contributed by atoms with Crippen molar-refractivity contribution < 1.29 is 4.74 Å². The van der Waals surface area contributed by atoms with Crippen LogP contribution in [0, 0.1) is 6.92 Å². The summed E-state index contributed by atoms with van der Waals surface area (Å²) < 4.78 is 7.11. The molecular formula is C10H13N5O. The normalized spacial score (nSPS) is 10.4. The lowest BCUT2D eigenvalue weighted by Crippen LogP contribution is -2.01. The van der Waals surface area contributed by atoms with Crippen molar-refractivity contribution in [3.63, 3.8) is 0 Å². The highest BCUT2D eigenvalue weighted by atomic mass is 16.5. The number of hydrogen-bond donors (Lipinski definition) is 1. The Bertz CT molecular complexity index is 494. The second-order valence-electron chi connectivity index (χ2n) is 3.44. The monoisotopic (exact) mass is 219 g/mol. The molecular weight excluding hydrogens is 206 g/mol. The van der Waals surface area contributed by atoms with Crippen molar-refractivity contribution in [3.8, 4) is 11.8 Å². The van der Waals surface area contributed by atoms with Gasteiger partial charge < -0.3 is 10.5 Å². The SMILES string of the molecule is Cc1cc(Oc2ncn(C)n2)c(CN)cn1. The standard InChI is InChI=1S/C10H13N5O/c1-7-3-9(8(4-11)5-12-7)16-10-13-6-15(2)14-10/h3,5-6H,4,11H2,1-2H3. The summed E-state index contributed by atoms with van der Waals surface area (Å²) in [7, 11) is 1.78. The van der Waals surface area contributed by atoms with Gasteiger partial charge in [-0.3, -0.25) is 9.67 Å². The Morgan fingerprint density at radius 3 is 2.88 bits per heavy atom. The number of aryl methyl sites for hydroxylation is 2. The van der Waals surface area contributed by atoms with E-state index in [4.69, 9.17) is 10.5 Å². The van der Waals surface area contributed by atoms with Crippen LogP contribution >= 0.6 is 0 Å². The van der Waals surface area contributed by atoms with E-state index in [1.165, 1.54) is 0 Å². The first kappa shape index (κ1) is 10.6. The first-order valence-electron chi connectivity index (χ1n) is 4.88. The molecule has 2 heterocycles.